The first-order valence-electron chi connectivity index (χ1n) is 8.43. The average molecular weight is 328 g/mol. The third kappa shape index (κ3) is 3.75. The van der Waals surface area contributed by atoms with Crippen molar-refractivity contribution in [3.05, 3.63) is 42.5 Å². The van der Waals surface area contributed by atoms with Crippen molar-refractivity contribution in [2.75, 3.05) is 20.2 Å². The summed E-state index contributed by atoms with van der Waals surface area (Å²) in [5.41, 5.74) is 1.33. The Morgan fingerprint density at radius 1 is 1.29 bits per heavy atom. The molecule has 1 aromatic heterocycles. The zero-order chi connectivity index (χ0) is 16.9. The number of benzene rings is 1. The van der Waals surface area contributed by atoms with Gasteiger partial charge in [-0.2, -0.15) is 5.10 Å². The summed E-state index contributed by atoms with van der Waals surface area (Å²) in [6, 6.07) is 7.99. The lowest BCUT2D eigenvalue weighted by atomic mass is 9.90. The molecule has 0 radical (unpaired) electrons. The van der Waals surface area contributed by atoms with Crippen LogP contribution in [-0.2, 0) is 11.2 Å². The van der Waals surface area contributed by atoms with E-state index < -0.39 is 0 Å². The molecule has 0 bridgehead atoms. The number of rotatable bonds is 5. The van der Waals surface area contributed by atoms with E-state index in [1.54, 1.807) is 18.1 Å². The van der Waals surface area contributed by atoms with Gasteiger partial charge >= 0.3 is 0 Å². The fraction of sp³-hybridized carbons (Fsp3) is 0.500. The lowest BCUT2D eigenvalue weighted by Gasteiger charge is -2.33. The largest absolute Gasteiger partial charge is 0.497 e. The SMILES string of the molecule is COc1ccc(CC2CCN(C(=O)[C@H](C)n3cncn3)CC2)cc1. The molecule has 1 fully saturated rings. The summed E-state index contributed by atoms with van der Waals surface area (Å²) in [6.45, 7) is 3.51. The van der Waals surface area contributed by atoms with Crippen LogP contribution in [0.15, 0.2) is 36.9 Å². The van der Waals surface area contributed by atoms with Crippen LogP contribution in [0.2, 0.25) is 0 Å². The quantitative estimate of drug-likeness (QED) is 0.845. The van der Waals surface area contributed by atoms with Gasteiger partial charge in [0.05, 0.1) is 7.11 Å². The molecule has 0 aliphatic carbocycles. The highest BCUT2D eigenvalue weighted by molar-refractivity contribution is 5.80. The van der Waals surface area contributed by atoms with Gasteiger partial charge in [-0.3, -0.25) is 4.79 Å². The van der Waals surface area contributed by atoms with E-state index in [1.807, 2.05) is 24.0 Å². The summed E-state index contributed by atoms with van der Waals surface area (Å²) in [5.74, 6) is 1.65. The number of hydrogen-bond donors (Lipinski definition) is 0. The molecule has 2 aromatic rings. The minimum Gasteiger partial charge on any atom is -0.497 e. The molecule has 6 heteroatoms. The maximum Gasteiger partial charge on any atom is 0.247 e. The van der Waals surface area contributed by atoms with Crippen molar-refractivity contribution >= 4 is 5.91 Å². The third-order valence-corrected chi connectivity index (χ3v) is 4.80. The van der Waals surface area contributed by atoms with Crippen LogP contribution in [0.3, 0.4) is 0 Å². The summed E-state index contributed by atoms with van der Waals surface area (Å²) in [6.07, 6.45) is 6.21. The first-order chi connectivity index (χ1) is 11.7. The van der Waals surface area contributed by atoms with Crippen molar-refractivity contribution in [2.45, 2.75) is 32.2 Å². The topological polar surface area (TPSA) is 60.2 Å². The predicted octanol–water partition coefficient (Wildman–Crippen LogP) is 2.33. The van der Waals surface area contributed by atoms with Gasteiger partial charge in [0.25, 0.3) is 0 Å². The number of ether oxygens (including phenoxy) is 1. The normalized spacial score (nSPS) is 16.8. The minimum absolute atomic E-state index is 0.128. The van der Waals surface area contributed by atoms with Gasteiger partial charge in [-0.25, -0.2) is 9.67 Å². The highest BCUT2D eigenvalue weighted by atomic mass is 16.5. The summed E-state index contributed by atoms with van der Waals surface area (Å²) in [4.78, 5) is 18.4. The lowest BCUT2D eigenvalue weighted by Crippen LogP contribution is -2.42. The maximum absolute atomic E-state index is 12.6. The Kier molecular flexibility index (Phi) is 5.13. The van der Waals surface area contributed by atoms with Crippen molar-refractivity contribution in [1.29, 1.82) is 0 Å². The number of methoxy groups -OCH3 is 1. The van der Waals surface area contributed by atoms with E-state index in [0.29, 0.717) is 5.92 Å². The monoisotopic (exact) mass is 328 g/mol. The number of aromatic nitrogens is 3. The third-order valence-electron chi connectivity index (χ3n) is 4.80. The Bertz CT molecular complexity index is 646. The molecule has 1 amide bonds. The summed E-state index contributed by atoms with van der Waals surface area (Å²) < 4.78 is 6.81. The Morgan fingerprint density at radius 3 is 2.58 bits per heavy atom. The van der Waals surface area contributed by atoms with Gasteiger partial charge in [0, 0.05) is 13.1 Å². The van der Waals surface area contributed by atoms with Crippen LogP contribution >= 0.6 is 0 Å². The molecule has 0 N–H and O–H groups in total. The number of amides is 1. The van der Waals surface area contributed by atoms with E-state index in [4.69, 9.17) is 4.74 Å². The fourth-order valence-corrected chi connectivity index (χ4v) is 3.25. The smallest absolute Gasteiger partial charge is 0.247 e. The molecule has 0 unspecified atom stereocenters. The second kappa shape index (κ2) is 7.47. The Hall–Kier alpha value is -2.37. The van der Waals surface area contributed by atoms with Crippen LogP contribution in [-0.4, -0.2) is 45.8 Å². The van der Waals surface area contributed by atoms with Gasteiger partial charge in [0.1, 0.15) is 24.4 Å². The van der Waals surface area contributed by atoms with Crippen molar-refractivity contribution in [3.8, 4) is 5.75 Å². The molecule has 2 heterocycles. The molecule has 128 valence electrons. The number of likely N-dealkylation sites (tertiary alicyclic amines) is 1. The Balaban J connectivity index is 1.50. The van der Waals surface area contributed by atoms with E-state index in [1.165, 1.54) is 11.9 Å². The number of carbonyl (C=O) groups excluding carboxylic acids is 1. The summed E-state index contributed by atoms with van der Waals surface area (Å²) in [5, 5.41) is 4.06. The summed E-state index contributed by atoms with van der Waals surface area (Å²) >= 11 is 0. The van der Waals surface area contributed by atoms with Gasteiger partial charge < -0.3 is 9.64 Å². The van der Waals surface area contributed by atoms with Crippen molar-refractivity contribution < 1.29 is 9.53 Å². The first kappa shape index (κ1) is 16.5. The van der Waals surface area contributed by atoms with Crippen LogP contribution < -0.4 is 4.74 Å². The second-order valence-corrected chi connectivity index (χ2v) is 6.37. The molecule has 1 atom stereocenters. The molecule has 0 spiro atoms. The fourth-order valence-electron chi connectivity index (χ4n) is 3.25. The number of nitrogens with zero attached hydrogens (tertiary/aromatic N) is 4. The maximum atomic E-state index is 12.6. The van der Waals surface area contributed by atoms with E-state index in [9.17, 15) is 4.79 Å². The summed E-state index contributed by atoms with van der Waals surface area (Å²) in [7, 11) is 1.68. The van der Waals surface area contributed by atoms with Crippen LogP contribution in [0.5, 0.6) is 5.75 Å². The zero-order valence-electron chi connectivity index (χ0n) is 14.3. The van der Waals surface area contributed by atoms with Crippen molar-refractivity contribution in [1.82, 2.24) is 19.7 Å². The molecular formula is C18H24N4O2. The predicted molar refractivity (Wildman–Crippen MR) is 90.7 cm³/mol. The number of hydrogen-bond acceptors (Lipinski definition) is 4. The number of carbonyl (C=O) groups is 1. The van der Waals surface area contributed by atoms with Gasteiger partial charge in [0.15, 0.2) is 0 Å². The van der Waals surface area contributed by atoms with Crippen LogP contribution in [0.25, 0.3) is 0 Å². The van der Waals surface area contributed by atoms with E-state index in [2.05, 4.69) is 22.2 Å². The van der Waals surface area contributed by atoms with E-state index in [0.717, 1.165) is 38.1 Å². The van der Waals surface area contributed by atoms with Crippen molar-refractivity contribution in [2.24, 2.45) is 5.92 Å². The average Bonchev–Trinajstić information content (AvgIpc) is 3.16. The number of piperidine rings is 1. The van der Waals surface area contributed by atoms with Crippen LogP contribution in [0, 0.1) is 5.92 Å². The zero-order valence-corrected chi connectivity index (χ0v) is 14.3. The molecule has 1 aromatic carbocycles. The second-order valence-electron chi connectivity index (χ2n) is 6.37. The van der Waals surface area contributed by atoms with E-state index >= 15 is 0 Å². The van der Waals surface area contributed by atoms with Gasteiger partial charge in [-0.1, -0.05) is 12.1 Å². The minimum atomic E-state index is -0.286. The molecule has 24 heavy (non-hydrogen) atoms. The highest BCUT2D eigenvalue weighted by Gasteiger charge is 2.27. The first-order valence-corrected chi connectivity index (χ1v) is 8.43. The van der Waals surface area contributed by atoms with Crippen LogP contribution in [0.1, 0.15) is 31.4 Å². The Morgan fingerprint density at radius 2 is 2.00 bits per heavy atom. The lowest BCUT2D eigenvalue weighted by molar-refractivity contribution is -0.136. The van der Waals surface area contributed by atoms with Crippen LogP contribution in [0.4, 0.5) is 0 Å². The molecule has 1 aliphatic heterocycles. The highest BCUT2D eigenvalue weighted by Crippen LogP contribution is 2.24. The molecule has 6 nitrogen and oxygen atoms in total. The van der Waals surface area contributed by atoms with Gasteiger partial charge in [-0.05, 0) is 49.8 Å². The van der Waals surface area contributed by atoms with Gasteiger partial charge in [0.2, 0.25) is 5.91 Å². The molecular weight excluding hydrogens is 304 g/mol. The van der Waals surface area contributed by atoms with Crippen molar-refractivity contribution in [3.63, 3.8) is 0 Å². The molecule has 0 saturated carbocycles. The molecule has 1 aliphatic rings. The molecule has 3 rings (SSSR count). The standard InChI is InChI=1S/C18H24N4O2/c1-14(22-13-19-12-20-22)18(23)21-9-7-16(8-10-21)11-15-3-5-17(24-2)6-4-15/h3-6,12-14,16H,7-11H2,1-2H3/t14-/m0/s1. The van der Waals surface area contributed by atoms with E-state index in [-0.39, 0.29) is 11.9 Å². The molecule has 1 saturated heterocycles. The van der Waals surface area contributed by atoms with Gasteiger partial charge in [-0.15, -0.1) is 0 Å². The Labute approximate surface area is 142 Å².